The number of benzene rings is 2. The molecule has 3 rings (SSSR count). The minimum atomic E-state index is -3.44. The van der Waals surface area contributed by atoms with Crippen LogP contribution in [-0.2, 0) is 15.6 Å². The van der Waals surface area contributed by atoms with Gasteiger partial charge in [-0.1, -0.05) is 30.3 Å². The smallest absolute Gasteiger partial charge is 0.258 e. The van der Waals surface area contributed by atoms with Crippen LogP contribution in [0.25, 0.3) is 0 Å². The van der Waals surface area contributed by atoms with Crippen LogP contribution >= 0.6 is 11.8 Å². The molecule has 0 unspecified atom stereocenters. The zero-order valence-electron chi connectivity index (χ0n) is 11.5. The van der Waals surface area contributed by atoms with E-state index in [-0.39, 0.29) is 21.6 Å². The Labute approximate surface area is 132 Å². The van der Waals surface area contributed by atoms with Crippen LogP contribution in [0.5, 0.6) is 0 Å². The van der Waals surface area contributed by atoms with Gasteiger partial charge < -0.3 is 0 Å². The summed E-state index contributed by atoms with van der Waals surface area (Å²) in [5.74, 6) is 0.707. The summed E-state index contributed by atoms with van der Waals surface area (Å²) in [6.07, 6.45) is 0. The van der Waals surface area contributed by atoms with Gasteiger partial charge in [0.1, 0.15) is 0 Å². The summed E-state index contributed by atoms with van der Waals surface area (Å²) in [7, 11) is -3.44. The standard InChI is InChI=1S/C15H13NO4S2/c17-16(18)12-6-7-13-14(10-22(19,20)15(13)8-12)21-9-11-4-2-1-3-5-11/h1-8,14H,9-10H2/t14-/m1/s1. The van der Waals surface area contributed by atoms with Gasteiger partial charge in [-0.2, -0.15) is 0 Å². The highest BCUT2D eigenvalue weighted by molar-refractivity contribution is 8.00. The molecule has 0 spiro atoms. The van der Waals surface area contributed by atoms with Crippen molar-refractivity contribution in [2.75, 3.05) is 5.75 Å². The lowest BCUT2D eigenvalue weighted by Crippen LogP contribution is -2.01. The zero-order chi connectivity index (χ0) is 15.7. The van der Waals surface area contributed by atoms with Crippen LogP contribution in [0.4, 0.5) is 5.69 Å². The summed E-state index contributed by atoms with van der Waals surface area (Å²) in [6.45, 7) is 0. The third kappa shape index (κ3) is 2.86. The fourth-order valence-electron chi connectivity index (χ4n) is 2.46. The highest BCUT2D eigenvalue weighted by Crippen LogP contribution is 2.44. The Hall–Kier alpha value is -1.86. The molecule has 2 aromatic rings. The van der Waals surface area contributed by atoms with Crippen LogP contribution in [0.15, 0.2) is 53.4 Å². The van der Waals surface area contributed by atoms with Crippen molar-refractivity contribution in [3.8, 4) is 0 Å². The molecule has 22 heavy (non-hydrogen) atoms. The van der Waals surface area contributed by atoms with Crippen LogP contribution in [0.2, 0.25) is 0 Å². The lowest BCUT2D eigenvalue weighted by Gasteiger charge is -2.09. The number of nitro benzene ring substituents is 1. The Kier molecular flexibility index (Phi) is 3.92. The third-order valence-corrected chi connectivity index (χ3v) is 6.88. The normalized spacial score (nSPS) is 18.8. The average Bonchev–Trinajstić information content (AvgIpc) is 2.77. The van der Waals surface area contributed by atoms with E-state index in [0.29, 0.717) is 11.3 Å². The first-order valence-corrected chi connectivity index (χ1v) is 9.34. The molecule has 0 aromatic heterocycles. The minimum Gasteiger partial charge on any atom is -0.258 e. The van der Waals surface area contributed by atoms with Crippen LogP contribution in [0.1, 0.15) is 16.4 Å². The molecule has 7 heteroatoms. The van der Waals surface area contributed by atoms with Gasteiger partial charge in [-0.25, -0.2) is 8.42 Å². The molecule has 0 radical (unpaired) electrons. The molecule has 2 aromatic carbocycles. The molecule has 1 atom stereocenters. The van der Waals surface area contributed by atoms with Crippen molar-refractivity contribution >= 4 is 27.3 Å². The molecule has 0 saturated carbocycles. The van der Waals surface area contributed by atoms with Crippen LogP contribution in [0.3, 0.4) is 0 Å². The van der Waals surface area contributed by atoms with E-state index in [1.54, 1.807) is 17.8 Å². The number of hydrogen-bond acceptors (Lipinski definition) is 5. The largest absolute Gasteiger partial charge is 0.270 e. The van der Waals surface area contributed by atoms with Gasteiger partial charge in [0.05, 0.1) is 15.6 Å². The number of fused-ring (bicyclic) bond motifs is 1. The van der Waals surface area contributed by atoms with Gasteiger partial charge in [0, 0.05) is 23.1 Å². The first-order chi connectivity index (χ1) is 10.5. The molecule has 0 bridgehead atoms. The predicted molar refractivity (Wildman–Crippen MR) is 85.6 cm³/mol. The zero-order valence-corrected chi connectivity index (χ0v) is 13.1. The number of hydrogen-bond donors (Lipinski definition) is 0. The Morgan fingerprint density at radius 2 is 1.91 bits per heavy atom. The quantitative estimate of drug-likeness (QED) is 0.632. The predicted octanol–water partition coefficient (Wildman–Crippen LogP) is 3.36. The van der Waals surface area contributed by atoms with Crippen LogP contribution in [-0.4, -0.2) is 19.1 Å². The maximum absolute atomic E-state index is 12.2. The molecule has 1 aliphatic rings. The maximum Gasteiger partial charge on any atom is 0.270 e. The van der Waals surface area contributed by atoms with Crippen molar-refractivity contribution in [2.45, 2.75) is 15.9 Å². The van der Waals surface area contributed by atoms with Gasteiger partial charge in [0.15, 0.2) is 9.84 Å². The molecule has 0 N–H and O–H groups in total. The van der Waals surface area contributed by atoms with Gasteiger partial charge in [0.25, 0.3) is 5.69 Å². The second-order valence-electron chi connectivity index (χ2n) is 5.05. The van der Waals surface area contributed by atoms with E-state index in [9.17, 15) is 18.5 Å². The monoisotopic (exact) mass is 335 g/mol. The molecule has 0 amide bonds. The second kappa shape index (κ2) is 5.73. The van der Waals surface area contributed by atoms with E-state index in [4.69, 9.17) is 0 Å². The highest BCUT2D eigenvalue weighted by atomic mass is 32.2. The van der Waals surface area contributed by atoms with Crippen molar-refractivity contribution in [3.05, 3.63) is 69.8 Å². The Balaban J connectivity index is 1.87. The van der Waals surface area contributed by atoms with Gasteiger partial charge in [0.2, 0.25) is 0 Å². The summed E-state index contributed by atoms with van der Waals surface area (Å²) < 4.78 is 24.4. The van der Waals surface area contributed by atoms with Crippen LogP contribution in [0, 0.1) is 10.1 Å². The van der Waals surface area contributed by atoms with Gasteiger partial charge in [-0.15, -0.1) is 11.8 Å². The molecule has 0 saturated heterocycles. The first-order valence-electron chi connectivity index (χ1n) is 6.64. The van der Waals surface area contributed by atoms with Gasteiger partial charge in [-0.3, -0.25) is 10.1 Å². The van der Waals surface area contributed by atoms with Crippen molar-refractivity contribution in [2.24, 2.45) is 0 Å². The molecular weight excluding hydrogens is 322 g/mol. The Bertz CT molecular complexity index is 819. The molecule has 0 fully saturated rings. The van der Waals surface area contributed by atoms with E-state index < -0.39 is 14.8 Å². The van der Waals surface area contributed by atoms with Gasteiger partial charge in [-0.05, 0) is 17.2 Å². The molecule has 0 aliphatic carbocycles. The number of thioether (sulfide) groups is 1. The van der Waals surface area contributed by atoms with E-state index in [0.717, 1.165) is 5.56 Å². The van der Waals surface area contributed by atoms with Crippen molar-refractivity contribution < 1.29 is 13.3 Å². The molecule has 1 aliphatic heterocycles. The topological polar surface area (TPSA) is 77.3 Å². The summed E-state index contributed by atoms with van der Waals surface area (Å²) in [5, 5.41) is 10.6. The number of non-ortho nitro benzene ring substituents is 1. The second-order valence-corrected chi connectivity index (χ2v) is 8.24. The lowest BCUT2D eigenvalue weighted by atomic mass is 10.1. The summed E-state index contributed by atoms with van der Waals surface area (Å²) in [4.78, 5) is 10.3. The lowest BCUT2D eigenvalue weighted by molar-refractivity contribution is -0.385. The molecule has 5 nitrogen and oxygen atoms in total. The number of rotatable bonds is 4. The van der Waals surface area contributed by atoms with E-state index in [1.807, 2.05) is 30.3 Å². The van der Waals surface area contributed by atoms with Crippen molar-refractivity contribution in [1.29, 1.82) is 0 Å². The Morgan fingerprint density at radius 3 is 2.59 bits per heavy atom. The van der Waals surface area contributed by atoms with Crippen molar-refractivity contribution in [3.63, 3.8) is 0 Å². The van der Waals surface area contributed by atoms with E-state index >= 15 is 0 Å². The van der Waals surface area contributed by atoms with Gasteiger partial charge >= 0.3 is 0 Å². The summed E-state index contributed by atoms with van der Waals surface area (Å²) >= 11 is 1.55. The molecule has 1 heterocycles. The minimum absolute atomic E-state index is 0.000993. The average molecular weight is 335 g/mol. The van der Waals surface area contributed by atoms with Crippen molar-refractivity contribution in [1.82, 2.24) is 0 Å². The number of nitrogens with zero attached hydrogens (tertiary/aromatic N) is 1. The summed E-state index contributed by atoms with van der Waals surface area (Å²) in [5.41, 5.74) is 1.61. The van der Waals surface area contributed by atoms with E-state index in [2.05, 4.69) is 0 Å². The Morgan fingerprint density at radius 1 is 1.18 bits per heavy atom. The maximum atomic E-state index is 12.2. The fraction of sp³-hybridized carbons (Fsp3) is 0.200. The number of nitro groups is 1. The van der Waals surface area contributed by atoms with Crippen LogP contribution < -0.4 is 0 Å². The number of sulfone groups is 1. The molecular formula is C15H13NO4S2. The fourth-order valence-corrected chi connectivity index (χ4v) is 6.06. The first kappa shape index (κ1) is 15.1. The highest BCUT2D eigenvalue weighted by Gasteiger charge is 2.36. The SMILES string of the molecule is O=[N+]([O-])c1ccc2c(c1)S(=O)(=O)C[C@H]2SCc1ccccc1. The summed E-state index contributed by atoms with van der Waals surface area (Å²) in [6, 6.07) is 13.9. The third-order valence-electron chi connectivity index (χ3n) is 3.55. The van der Waals surface area contributed by atoms with E-state index in [1.165, 1.54) is 12.1 Å². The molecule has 114 valence electrons.